The molecule has 0 aliphatic rings. The zero-order valence-corrected chi connectivity index (χ0v) is 11.7. The van der Waals surface area contributed by atoms with E-state index in [1.54, 1.807) is 12.3 Å². The number of aromatic nitrogens is 2. The third-order valence-corrected chi connectivity index (χ3v) is 3.19. The van der Waals surface area contributed by atoms with E-state index < -0.39 is 0 Å². The number of aryl methyl sites for hydroxylation is 1. The summed E-state index contributed by atoms with van der Waals surface area (Å²) in [6.07, 6.45) is 3.45. The smallest absolute Gasteiger partial charge is 0.259 e. The molecule has 0 radical (unpaired) electrons. The highest BCUT2D eigenvalue weighted by atomic mass is 32.1. The fraction of sp³-hybridized carbons (Fsp3) is 0.214. The van der Waals surface area contributed by atoms with Crippen molar-refractivity contribution in [3.8, 4) is 11.8 Å². The van der Waals surface area contributed by atoms with E-state index in [0.29, 0.717) is 22.7 Å². The number of carbonyl (C=O) groups excluding carboxylic acids is 1. The number of hydrogen-bond acceptors (Lipinski definition) is 5. The average Bonchev–Trinajstić information content (AvgIpc) is 2.85. The summed E-state index contributed by atoms with van der Waals surface area (Å²) in [5, 5.41) is 13.8. The van der Waals surface area contributed by atoms with Gasteiger partial charge in [0.25, 0.3) is 5.91 Å². The molecule has 1 amide bonds. The second-order valence-corrected chi connectivity index (χ2v) is 4.84. The van der Waals surface area contributed by atoms with Crippen molar-refractivity contribution in [2.45, 2.75) is 13.3 Å². The summed E-state index contributed by atoms with van der Waals surface area (Å²) >= 11 is 1.37. The number of anilines is 1. The summed E-state index contributed by atoms with van der Waals surface area (Å²) in [6.45, 7) is 1.88. The van der Waals surface area contributed by atoms with Crippen molar-refractivity contribution >= 4 is 22.4 Å². The van der Waals surface area contributed by atoms with Crippen LogP contribution in [0, 0.1) is 18.8 Å². The van der Waals surface area contributed by atoms with Crippen LogP contribution in [0.4, 0.5) is 5.13 Å². The Labute approximate surface area is 120 Å². The molecule has 0 aliphatic heterocycles. The zero-order chi connectivity index (χ0) is 14.4. The molecule has 0 unspecified atom stereocenters. The van der Waals surface area contributed by atoms with Gasteiger partial charge in [-0.15, -0.1) is 11.3 Å². The van der Waals surface area contributed by atoms with Crippen molar-refractivity contribution in [1.82, 2.24) is 9.97 Å². The topological polar surface area (TPSA) is 75.1 Å². The Hall–Kier alpha value is -2.23. The van der Waals surface area contributed by atoms with Crippen molar-refractivity contribution in [3.05, 3.63) is 40.7 Å². The van der Waals surface area contributed by atoms with Crippen LogP contribution in [0.15, 0.2) is 23.8 Å². The maximum absolute atomic E-state index is 12.0. The third kappa shape index (κ3) is 3.88. The molecule has 0 saturated heterocycles. The summed E-state index contributed by atoms with van der Waals surface area (Å²) in [5.41, 5.74) is 1.93. The molecule has 5 nitrogen and oxygen atoms in total. The van der Waals surface area contributed by atoms with Crippen LogP contribution in [0.3, 0.4) is 0 Å². The molecule has 2 aromatic heterocycles. The third-order valence-electron chi connectivity index (χ3n) is 2.31. The van der Waals surface area contributed by atoms with Gasteiger partial charge < -0.3 is 5.11 Å². The van der Waals surface area contributed by atoms with Gasteiger partial charge in [0.1, 0.15) is 0 Å². The van der Waals surface area contributed by atoms with Gasteiger partial charge in [-0.05, 0) is 13.0 Å². The van der Waals surface area contributed by atoms with Crippen molar-refractivity contribution < 1.29 is 9.90 Å². The van der Waals surface area contributed by atoms with E-state index in [0.717, 1.165) is 5.69 Å². The van der Waals surface area contributed by atoms with E-state index >= 15 is 0 Å². The van der Waals surface area contributed by atoms with E-state index in [1.807, 2.05) is 12.3 Å². The lowest BCUT2D eigenvalue weighted by Gasteiger charge is -2.01. The molecular weight excluding hydrogens is 274 g/mol. The fourth-order valence-electron chi connectivity index (χ4n) is 1.43. The summed E-state index contributed by atoms with van der Waals surface area (Å²) < 4.78 is 0. The predicted octanol–water partition coefficient (Wildman–Crippen LogP) is 1.83. The molecule has 2 N–H and O–H groups in total. The van der Waals surface area contributed by atoms with Gasteiger partial charge in [0.2, 0.25) is 0 Å². The highest BCUT2D eigenvalue weighted by Crippen LogP contribution is 2.15. The fourth-order valence-corrected chi connectivity index (χ4v) is 2.12. The van der Waals surface area contributed by atoms with Crippen LogP contribution in [0.1, 0.15) is 28.0 Å². The number of aliphatic hydroxyl groups is 1. The molecule has 2 aromatic rings. The first-order valence-electron chi connectivity index (χ1n) is 5.97. The Morgan fingerprint density at radius 3 is 3.05 bits per heavy atom. The van der Waals surface area contributed by atoms with Crippen molar-refractivity contribution in [3.63, 3.8) is 0 Å². The first-order chi connectivity index (χ1) is 9.69. The number of aliphatic hydroxyl groups excluding tert-OH is 1. The number of amides is 1. The van der Waals surface area contributed by atoms with E-state index in [2.05, 4.69) is 27.1 Å². The Balaban J connectivity index is 2.10. The lowest BCUT2D eigenvalue weighted by atomic mass is 10.2. The lowest BCUT2D eigenvalue weighted by Crippen LogP contribution is -2.12. The molecule has 0 bridgehead atoms. The summed E-state index contributed by atoms with van der Waals surface area (Å²) in [4.78, 5) is 20.2. The van der Waals surface area contributed by atoms with Gasteiger partial charge in [0.05, 0.1) is 17.9 Å². The monoisotopic (exact) mass is 287 g/mol. The van der Waals surface area contributed by atoms with E-state index in [9.17, 15) is 4.79 Å². The van der Waals surface area contributed by atoms with Crippen LogP contribution >= 0.6 is 11.3 Å². The largest absolute Gasteiger partial charge is 0.395 e. The molecule has 6 heteroatoms. The number of hydrogen-bond donors (Lipinski definition) is 2. The molecule has 0 saturated carbocycles. The number of nitrogens with zero attached hydrogens (tertiary/aromatic N) is 2. The quantitative estimate of drug-likeness (QED) is 0.845. The molecular formula is C14H13N3O2S. The van der Waals surface area contributed by atoms with Gasteiger partial charge in [-0.1, -0.05) is 11.8 Å². The van der Waals surface area contributed by atoms with Gasteiger partial charge in [-0.2, -0.15) is 0 Å². The van der Waals surface area contributed by atoms with E-state index in [-0.39, 0.29) is 12.5 Å². The molecule has 102 valence electrons. The molecule has 2 heterocycles. The SMILES string of the molecule is Cc1csc(NC(=O)c2cncc(C#CCCO)c2)n1. The van der Waals surface area contributed by atoms with Gasteiger partial charge in [-0.3, -0.25) is 15.1 Å². The van der Waals surface area contributed by atoms with Crippen LogP contribution in [0.5, 0.6) is 0 Å². The highest BCUT2D eigenvalue weighted by molar-refractivity contribution is 7.13. The minimum absolute atomic E-state index is 0.0179. The molecule has 2 rings (SSSR count). The minimum atomic E-state index is -0.266. The minimum Gasteiger partial charge on any atom is -0.395 e. The molecule has 0 aromatic carbocycles. The maximum Gasteiger partial charge on any atom is 0.259 e. The highest BCUT2D eigenvalue weighted by Gasteiger charge is 2.09. The molecule has 0 spiro atoms. The van der Waals surface area contributed by atoms with Crippen molar-refractivity contribution in [2.75, 3.05) is 11.9 Å². The standard InChI is InChI=1S/C14H13N3O2S/c1-10-9-20-14(16-10)17-13(19)12-6-11(7-15-8-12)4-2-3-5-18/h6-9,18H,3,5H2,1H3,(H,16,17,19). The normalized spacial score (nSPS) is 9.70. The predicted molar refractivity (Wildman–Crippen MR) is 77.6 cm³/mol. The maximum atomic E-state index is 12.0. The first kappa shape index (κ1) is 14.2. The second kappa shape index (κ2) is 6.80. The lowest BCUT2D eigenvalue weighted by molar-refractivity contribution is 0.102. The first-order valence-corrected chi connectivity index (χ1v) is 6.85. The Bertz CT molecular complexity index is 670. The molecule has 0 aliphatic carbocycles. The number of pyridine rings is 1. The van der Waals surface area contributed by atoms with Crippen LogP contribution in [-0.4, -0.2) is 27.6 Å². The van der Waals surface area contributed by atoms with Gasteiger partial charge in [-0.25, -0.2) is 4.98 Å². The number of nitrogens with one attached hydrogen (secondary N) is 1. The summed E-state index contributed by atoms with van der Waals surface area (Å²) in [6, 6.07) is 1.66. The van der Waals surface area contributed by atoms with Gasteiger partial charge in [0.15, 0.2) is 5.13 Å². The van der Waals surface area contributed by atoms with Crippen LogP contribution in [-0.2, 0) is 0 Å². The average molecular weight is 287 g/mol. The van der Waals surface area contributed by atoms with Gasteiger partial charge >= 0.3 is 0 Å². The molecule has 0 atom stereocenters. The van der Waals surface area contributed by atoms with Crippen LogP contribution in [0.2, 0.25) is 0 Å². The second-order valence-electron chi connectivity index (χ2n) is 3.99. The number of thiazole rings is 1. The molecule has 0 fully saturated rings. The molecule has 20 heavy (non-hydrogen) atoms. The van der Waals surface area contributed by atoms with E-state index in [1.165, 1.54) is 17.5 Å². The summed E-state index contributed by atoms with van der Waals surface area (Å²) in [7, 11) is 0. The van der Waals surface area contributed by atoms with Crippen LogP contribution in [0.25, 0.3) is 0 Å². The summed E-state index contributed by atoms with van der Waals surface area (Å²) in [5.74, 6) is 5.37. The Morgan fingerprint density at radius 1 is 1.50 bits per heavy atom. The van der Waals surface area contributed by atoms with Crippen molar-refractivity contribution in [2.24, 2.45) is 0 Å². The van der Waals surface area contributed by atoms with Crippen molar-refractivity contribution in [1.29, 1.82) is 0 Å². The van der Waals surface area contributed by atoms with Crippen LogP contribution < -0.4 is 5.32 Å². The Morgan fingerprint density at radius 2 is 2.35 bits per heavy atom. The Kier molecular flexibility index (Phi) is 4.82. The number of carbonyl (C=O) groups is 1. The number of rotatable bonds is 3. The zero-order valence-electron chi connectivity index (χ0n) is 10.9. The van der Waals surface area contributed by atoms with Gasteiger partial charge in [0, 0.05) is 29.8 Å². The van der Waals surface area contributed by atoms with E-state index in [4.69, 9.17) is 5.11 Å².